The fourth-order valence-corrected chi connectivity index (χ4v) is 5.68. The number of hydrogen-bond acceptors (Lipinski definition) is 8. The highest BCUT2D eigenvalue weighted by Crippen LogP contribution is 2.32. The van der Waals surface area contributed by atoms with E-state index in [1.165, 1.54) is 23.5 Å². The molecule has 0 aliphatic heterocycles. The summed E-state index contributed by atoms with van der Waals surface area (Å²) in [4.78, 5) is 34.0. The summed E-state index contributed by atoms with van der Waals surface area (Å²) in [7, 11) is -3.58. The van der Waals surface area contributed by atoms with Crippen LogP contribution in [0.5, 0.6) is 0 Å². The molecule has 0 aliphatic carbocycles. The number of thiazole rings is 1. The smallest absolute Gasteiger partial charge is 0.323 e. The Morgan fingerprint density at radius 3 is 2.17 bits per heavy atom. The van der Waals surface area contributed by atoms with Gasteiger partial charge in [-0.3, -0.25) is 9.78 Å². The lowest BCUT2D eigenvalue weighted by Gasteiger charge is -2.13. The van der Waals surface area contributed by atoms with Gasteiger partial charge in [-0.2, -0.15) is 0 Å². The number of nitrogens with zero attached hydrogens (tertiary/aromatic N) is 2. The molecule has 0 spiro atoms. The summed E-state index contributed by atoms with van der Waals surface area (Å²) in [5.41, 5.74) is 3.66. The first-order valence-corrected chi connectivity index (χ1v) is 15.9. The van der Waals surface area contributed by atoms with Crippen molar-refractivity contribution in [2.45, 2.75) is 4.90 Å². The van der Waals surface area contributed by atoms with Crippen molar-refractivity contribution in [2.75, 3.05) is 27.5 Å². The molecule has 0 saturated carbocycles. The van der Waals surface area contributed by atoms with Crippen LogP contribution in [-0.4, -0.2) is 36.6 Å². The predicted molar refractivity (Wildman–Crippen MR) is 169 cm³/mol. The molecule has 3 aromatic carbocycles. The molecule has 0 unspecified atom stereocenters. The van der Waals surface area contributed by atoms with Crippen LogP contribution in [0.15, 0.2) is 106 Å². The van der Waals surface area contributed by atoms with Crippen molar-refractivity contribution < 1.29 is 18.0 Å². The molecule has 0 aliphatic rings. The third kappa shape index (κ3) is 7.37. The largest absolute Gasteiger partial charge is 0.330 e. The Bertz CT molecular complexity index is 1850. The van der Waals surface area contributed by atoms with Gasteiger partial charge < -0.3 is 21.3 Å². The summed E-state index contributed by atoms with van der Waals surface area (Å²) < 4.78 is 25.8. The van der Waals surface area contributed by atoms with E-state index in [2.05, 4.69) is 47.2 Å². The Morgan fingerprint density at radius 1 is 0.857 bits per heavy atom. The van der Waals surface area contributed by atoms with Gasteiger partial charge >= 0.3 is 6.03 Å². The average molecular weight is 664 g/mol. The van der Waals surface area contributed by atoms with Gasteiger partial charge in [-0.15, -0.1) is 11.3 Å². The van der Waals surface area contributed by atoms with E-state index < -0.39 is 21.8 Å². The highest BCUT2D eigenvalue weighted by molar-refractivity contribution is 9.10. The first-order chi connectivity index (χ1) is 20.1. The van der Waals surface area contributed by atoms with E-state index in [4.69, 9.17) is 0 Å². The molecular weight excluding hydrogens is 640 g/mol. The molecule has 2 aromatic heterocycles. The molecule has 0 radical (unpaired) electrons. The van der Waals surface area contributed by atoms with Gasteiger partial charge in [-0.05, 0) is 78.9 Å². The molecule has 13 heteroatoms. The van der Waals surface area contributed by atoms with Gasteiger partial charge in [0.15, 0.2) is 15.0 Å². The summed E-state index contributed by atoms with van der Waals surface area (Å²) in [6, 6.07) is 21.3. The van der Waals surface area contributed by atoms with Crippen LogP contribution < -0.4 is 21.3 Å². The standard InChI is InChI=1S/C29H23BrN6O4S2/c1-42(39,40)26-13-12-23(15-24(26)35-29-36-25(17-41-29)19-3-2-14-31-16-19)32-27(37)18-4-8-21(9-5-18)33-28(38)34-22-10-6-20(30)7-11-22/h2-17H,1H3,(H,32,37)(H,35,36)(H2,33,34,38). The Balaban J connectivity index is 1.27. The van der Waals surface area contributed by atoms with Gasteiger partial charge in [-0.1, -0.05) is 15.9 Å². The normalized spacial score (nSPS) is 11.0. The number of rotatable bonds is 8. The minimum Gasteiger partial charge on any atom is -0.330 e. The summed E-state index contributed by atoms with van der Waals surface area (Å²) in [6.07, 6.45) is 4.48. The Hall–Kier alpha value is -4.59. The third-order valence-electron chi connectivity index (χ3n) is 5.85. The maximum atomic E-state index is 13.0. The van der Waals surface area contributed by atoms with Crippen LogP contribution >= 0.6 is 27.3 Å². The molecule has 0 atom stereocenters. The number of urea groups is 1. The Labute approximate surface area is 254 Å². The zero-order chi connectivity index (χ0) is 29.7. The molecule has 0 saturated heterocycles. The molecule has 3 amide bonds. The van der Waals surface area contributed by atoms with Crippen LogP contribution in [0, 0.1) is 0 Å². The van der Waals surface area contributed by atoms with Gasteiger partial charge in [0.05, 0.1) is 16.3 Å². The Kier molecular flexibility index (Phi) is 8.61. The van der Waals surface area contributed by atoms with Crippen LogP contribution in [0.4, 0.5) is 32.7 Å². The summed E-state index contributed by atoms with van der Waals surface area (Å²) >= 11 is 4.66. The zero-order valence-electron chi connectivity index (χ0n) is 22.0. The van der Waals surface area contributed by atoms with Crippen molar-refractivity contribution in [3.05, 3.63) is 107 Å². The van der Waals surface area contributed by atoms with E-state index in [0.29, 0.717) is 33.5 Å². The minimum atomic E-state index is -3.58. The highest BCUT2D eigenvalue weighted by atomic mass is 79.9. The van der Waals surface area contributed by atoms with Crippen molar-refractivity contribution in [1.82, 2.24) is 9.97 Å². The summed E-state index contributed by atoms with van der Waals surface area (Å²) in [5.74, 6) is -0.410. The predicted octanol–water partition coefficient (Wildman–Crippen LogP) is 7.01. The molecular formula is C29H23BrN6O4S2. The van der Waals surface area contributed by atoms with E-state index in [1.54, 1.807) is 54.9 Å². The van der Waals surface area contributed by atoms with Gasteiger partial charge in [-0.25, -0.2) is 18.2 Å². The number of anilines is 5. The van der Waals surface area contributed by atoms with E-state index >= 15 is 0 Å². The zero-order valence-corrected chi connectivity index (χ0v) is 25.2. The first kappa shape index (κ1) is 28.9. The van der Waals surface area contributed by atoms with Crippen molar-refractivity contribution in [1.29, 1.82) is 0 Å². The first-order valence-electron chi connectivity index (χ1n) is 12.4. The van der Waals surface area contributed by atoms with E-state index in [0.717, 1.165) is 16.3 Å². The minimum absolute atomic E-state index is 0.0652. The number of sulfone groups is 1. The number of nitrogens with one attached hydrogen (secondary N) is 4. The van der Waals surface area contributed by atoms with Gasteiger partial charge in [0.25, 0.3) is 5.91 Å². The molecule has 212 valence electrons. The van der Waals surface area contributed by atoms with Crippen molar-refractivity contribution >= 4 is 76.9 Å². The second-order valence-corrected chi connectivity index (χ2v) is 12.8. The average Bonchev–Trinajstić information content (AvgIpc) is 3.43. The van der Waals surface area contributed by atoms with E-state index in [-0.39, 0.29) is 10.6 Å². The molecule has 5 aromatic rings. The monoisotopic (exact) mass is 662 g/mol. The van der Waals surface area contributed by atoms with Crippen molar-refractivity contribution in [2.24, 2.45) is 0 Å². The lowest BCUT2D eigenvalue weighted by molar-refractivity contribution is 0.102. The van der Waals surface area contributed by atoms with Crippen LogP contribution in [0.1, 0.15) is 10.4 Å². The number of carbonyl (C=O) groups excluding carboxylic acids is 2. The SMILES string of the molecule is CS(=O)(=O)c1ccc(NC(=O)c2ccc(NC(=O)Nc3ccc(Br)cc3)cc2)cc1Nc1nc(-c2cccnc2)cs1. The Morgan fingerprint density at radius 2 is 1.52 bits per heavy atom. The van der Waals surface area contributed by atoms with Gasteiger partial charge in [0.2, 0.25) is 0 Å². The van der Waals surface area contributed by atoms with Crippen molar-refractivity contribution in [3.63, 3.8) is 0 Å². The van der Waals surface area contributed by atoms with Crippen LogP contribution in [0.2, 0.25) is 0 Å². The number of carbonyl (C=O) groups is 2. The number of benzene rings is 3. The number of amides is 3. The van der Waals surface area contributed by atoms with Crippen LogP contribution in [0.3, 0.4) is 0 Å². The van der Waals surface area contributed by atoms with Crippen molar-refractivity contribution in [3.8, 4) is 11.3 Å². The molecule has 4 N–H and O–H groups in total. The van der Waals surface area contributed by atoms with Gasteiger partial charge in [0, 0.05) is 56.7 Å². The summed E-state index contributed by atoms with van der Waals surface area (Å²) in [6.45, 7) is 0. The lowest BCUT2D eigenvalue weighted by atomic mass is 10.2. The van der Waals surface area contributed by atoms with Crippen LogP contribution in [-0.2, 0) is 9.84 Å². The highest BCUT2D eigenvalue weighted by Gasteiger charge is 2.17. The van der Waals surface area contributed by atoms with Gasteiger partial charge in [0.1, 0.15) is 0 Å². The fraction of sp³-hybridized carbons (Fsp3) is 0.0345. The third-order valence-corrected chi connectivity index (χ3v) is 8.29. The number of aromatic nitrogens is 2. The molecule has 42 heavy (non-hydrogen) atoms. The molecule has 5 rings (SSSR count). The molecule has 2 heterocycles. The maximum absolute atomic E-state index is 13.0. The summed E-state index contributed by atoms with van der Waals surface area (Å²) in [5, 5.41) is 13.6. The fourth-order valence-electron chi connectivity index (χ4n) is 3.86. The topological polar surface area (TPSA) is 142 Å². The molecule has 0 fully saturated rings. The van der Waals surface area contributed by atoms with E-state index in [9.17, 15) is 18.0 Å². The number of halogens is 1. The van der Waals surface area contributed by atoms with Crippen LogP contribution in [0.25, 0.3) is 11.3 Å². The lowest BCUT2D eigenvalue weighted by Crippen LogP contribution is -2.19. The second kappa shape index (κ2) is 12.5. The number of pyridine rings is 1. The van der Waals surface area contributed by atoms with E-state index in [1.807, 2.05) is 29.6 Å². The maximum Gasteiger partial charge on any atom is 0.323 e. The quantitative estimate of drug-likeness (QED) is 0.140. The molecule has 10 nitrogen and oxygen atoms in total. The second-order valence-electron chi connectivity index (χ2n) is 9.01. The number of hydrogen-bond donors (Lipinski definition) is 4. The molecule has 0 bridgehead atoms.